The van der Waals surface area contributed by atoms with Crippen LogP contribution >= 0.6 is 22.9 Å². The molecular formula is C35H32ClN3O4S. The molecule has 1 atom stereocenters. The highest BCUT2D eigenvalue weighted by Crippen LogP contribution is 2.32. The smallest absolute Gasteiger partial charge is 0.338 e. The number of hydrogen-bond acceptors (Lipinski definition) is 6. The molecule has 44 heavy (non-hydrogen) atoms. The number of benzene rings is 3. The highest BCUT2D eigenvalue weighted by Gasteiger charge is 2.33. The number of fused-ring (bicyclic) bond motifs is 2. The van der Waals surface area contributed by atoms with Crippen molar-refractivity contribution in [2.24, 2.45) is 4.99 Å². The Morgan fingerprint density at radius 1 is 1.07 bits per heavy atom. The Morgan fingerprint density at radius 2 is 1.80 bits per heavy atom. The van der Waals surface area contributed by atoms with Crippen LogP contribution in [0.2, 0.25) is 5.02 Å². The molecule has 1 aliphatic heterocycles. The molecule has 0 radical (unpaired) electrons. The number of esters is 1. The first-order valence-corrected chi connectivity index (χ1v) is 15.7. The van der Waals surface area contributed by atoms with E-state index in [9.17, 15) is 9.59 Å². The second kappa shape index (κ2) is 12.3. The monoisotopic (exact) mass is 625 g/mol. The molecule has 0 amide bonds. The summed E-state index contributed by atoms with van der Waals surface area (Å²) in [5, 5.41) is 1.72. The van der Waals surface area contributed by atoms with E-state index in [1.54, 1.807) is 18.4 Å². The second-order valence-corrected chi connectivity index (χ2v) is 12.3. The van der Waals surface area contributed by atoms with Crippen LogP contribution in [-0.4, -0.2) is 27.8 Å². The minimum Gasteiger partial charge on any atom is -0.491 e. The zero-order valence-electron chi connectivity index (χ0n) is 24.9. The van der Waals surface area contributed by atoms with Gasteiger partial charge in [-0.15, -0.1) is 0 Å². The van der Waals surface area contributed by atoms with Crippen molar-refractivity contribution in [3.63, 3.8) is 0 Å². The van der Waals surface area contributed by atoms with Gasteiger partial charge in [-0.1, -0.05) is 71.5 Å². The summed E-state index contributed by atoms with van der Waals surface area (Å²) in [5.41, 5.74) is 4.37. The van der Waals surface area contributed by atoms with Crippen molar-refractivity contribution < 1.29 is 14.3 Å². The number of carbonyl (C=O) groups is 1. The van der Waals surface area contributed by atoms with Crippen LogP contribution in [0.5, 0.6) is 5.75 Å². The van der Waals surface area contributed by atoms with E-state index < -0.39 is 12.0 Å². The molecule has 0 bridgehead atoms. The fourth-order valence-electron chi connectivity index (χ4n) is 5.58. The standard InChI is InChI=1S/C35H32ClN3O4S/c1-5-42-34(41)31-22(4)37-35-39(32(31)23-14-16-26(17-15-23)43-21(2)3)33(40)30(44-35)18-25-20-38(29-13-9-7-11-27(25)29)19-24-10-6-8-12-28(24)36/h6-18,20-21,32H,5,19H2,1-4H3/b30-18-/t32-/m0/s1. The molecule has 0 saturated heterocycles. The minimum atomic E-state index is -0.692. The summed E-state index contributed by atoms with van der Waals surface area (Å²) < 4.78 is 15.5. The van der Waals surface area contributed by atoms with Gasteiger partial charge in [-0.3, -0.25) is 9.36 Å². The van der Waals surface area contributed by atoms with E-state index in [0.29, 0.717) is 37.9 Å². The average molecular weight is 626 g/mol. The van der Waals surface area contributed by atoms with Crippen molar-refractivity contribution in [2.45, 2.75) is 46.4 Å². The highest BCUT2D eigenvalue weighted by atomic mass is 35.5. The lowest BCUT2D eigenvalue weighted by atomic mass is 9.96. The molecule has 2 aromatic heterocycles. The molecule has 9 heteroatoms. The van der Waals surface area contributed by atoms with Crippen molar-refractivity contribution in [2.75, 3.05) is 6.61 Å². The maximum Gasteiger partial charge on any atom is 0.338 e. The van der Waals surface area contributed by atoms with Gasteiger partial charge in [0.15, 0.2) is 4.80 Å². The fraction of sp³-hybridized carbons (Fsp3) is 0.229. The Morgan fingerprint density at radius 3 is 2.52 bits per heavy atom. The van der Waals surface area contributed by atoms with Gasteiger partial charge >= 0.3 is 5.97 Å². The molecule has 0 spiro atoms. The number of rotatable bonds is 8. The number of ether oxygens (including phenoxy) is 2. The third-order valence-corrected chi connectivity index (χ3v) is 8.84. The topological polar surface area (TPSA) is 74.8 Å². The number of para-hydroxylation sites is 1. The van der Waals surface area contributed by atoms with Crippen LogP contribution in [0.4, 0.5) is 0 Å². The maximum absolute atomic E-state index is 14.2. The van der Waals surface area contributed by atoms with Gasteiger partial charge in [0.2, 0.25) is 0 Å². The Labute approximate surface area is 264 Å². The van der Waals surface area contributed by atoms with Gasteiger partial charge < -0.3 is 14.0 Å². The van der Waals surface area contributed by atoms with Gasteiger partial charge in [-0.05, 0) is 69.2 Å². The van der Waals surface area contributed by atoms with Crippen molar-refractivity contribution in [1.82, 2.24) is 9.13 Å². The number of nitrogens with zero attached hydrogens (tertiary/aromatic N) is 3. The first-order chi connectivity index (χ1) is 21.2. The predicted molar refractivity (Wildman–Crippen MR) is 175 cm³/mol. The third kappa shape index (κ3) is 5.63. The van der Waals surface area contributed by atoms with Crippen LogP contribution in [0.1, 0.15) is 50.4 Å². The number of halogens is 1. The molecule has 224 valence electrons. The largest absolute Gasteiger partial charge is 0.491 e. The molecule has 0 fully saturated rings. The van der Waals surface area contributed by atoms with Gasteiger partial charge in [0.05, 0.1) is 34.6 Å². The Bertz CT molecular complexity index is 2090. The molecular weight excluding hydrogens is 594 g/mol. The highest BCUT2D eigenvalue weighted by molar-refractivity contribution is 7.07. The van der Waals surface area contributed by atoms with E-state index in [-0.39, 0.29) is 18.3 Å². The SMILES string of the molecule is CCOC(=O)C1=C(C)N=c2s/c(=C\c3cn(Cc4ccccc4Cl)c4ccccc34)c(=O)n2[C@H]1c1ccc(OC(C)C)cc1. The molecule has 3 aromatic carbocycles. The maximum atomic E-state index is 14.2. The minimum absolute atomic E-state index is 0.0198. The van der Waals surface area contributed by atoms with E-state index in [4.69, 9.17) is 26.1 Å². The second-order valence-electron chi connectivity index (χ2n) is 10.9. The van der Waals surface area contributed by atoms with Crippen molar-refractivity contribution >= 4 is 45.9 Å². The van der Waals surface area contributed by atoms with Crippen LogP contribution in [0.3, 0.4) is 0 Å². The van der Waals surface area contributed by atoms with Crippen LogP contribution in [0.15, 0.2) is 100 Å². The summed E-state index contributed by atoms with van der Waals surface area (Å²) in [4.78, 5) is 32.7. The van der Waals surface area contributed by atoms with Gasteiger partial charge in [0.1, 0.15) is 5.75 Å². The predicted octanol–water partition coefficient (Wildman–Crippen LogP) is 6.24. The first kappa shape index (κ1) is 29.7. The summed E-state index contributed by atoms with van der Waals surface area (Å²) >= 11 is 7.79. The molecule has 0 saturated carbocycles. The summed E-state index contributed by atoms with van der Waals surface area (Å²) in [6, 6.07) is 22.7. The van der Waals surface area contributed by atoms with E-state index in [1.165, 1.54) is 11.3 Å². The van der Waals surface area contributed by atoms with E-state index in [2.05, 4.69) is 10.6 Å². The van der Waals surface area contributed by atoms with Crippen molar-refractivity contribution in [1.29, 1.82) is 0 Å². The number of allylic oxidation sites excluding steroid dienone is 1. The fourth-order valence-corrected chi connectivity index (χ4v) is 6.81. The zero-order valence-corrected chi connectivity index (χ0v) is 26.5. The Kier molecular flexibility index (Phi) is 8.29. The molecule has 1 aliphatic rings. The van der Waals surface area contributed by atoms with E-state index >= 15 is 0 Å². The van der Waals surface area contributed by atoms with E-state index in [1.807, 2.05) is 92.9 Å². The first-order valence-electron chi connectivity index (χ1n) is 14.5. The van der Waals surface area contributed by atoms with Gasteiger partial charge in [0, 0.05) is 34.2 Å². The van der Waals surface area contributed by atoms with Crippen LogP contribution in [0, 0.1) is 0 Å². The zero-order chi connectivity index (χ0) is 31.0. The Balaban J connectivity index is 1.49. The lowest BCUT2D eigenvalue weighted by Gasteiger charge is -2.25. The van der Waals surface area contributed by atoms with Crippen LogP contribution in [0.25, 0.3) is 17.0 Å². The van der Waals surface area contributed by atoms with Gasteiger partial charge in [-0.2, -0.15) is 0 Å². The quantitative estimate of drug-likeness (QED) is 0.191. The average Bonchev–Trinajstić information content (AvgIpc) is 3.50. The molecule has 0 unspecified atom stereocenters. The Hall–Kier alpha value is -4.40. The third-order valence-electron chi connectivity index (χ3n) is 7.49. The van der Waals surface area contributed by atoms with Crippen LogP contribution < -0.4 is 19.6 Å². The van der Waals surface area contributed by atoms with E-state index in [0.717, 1.165) is 27.6 Å². The van der Waals surface area contributed by atoms with Crippen LogP contribution in [-0.2, 0) is 16.1 Å². The lowest BCUT2D eigenvalue weighted by Crippen LogP contribution is -2.39. The number of thiazole rings is 1. The molecule has 0 aliphatic carbocycles. The van der Waals surface area contributed by atoms with Crippen molar-refractivity contribution in [3.05, 3.63) is 132 Å². The van der Waals surface area contributed by atoms with Crippen molar-refractivity contribution in [3.8, 4) is 5.75 Å². The molecule has 6 rings (SSSR count). The normalized spacial score (nSPS) is 15.0. The summed E-state index contributed by atoms with van der Waals surface area (Å²) in [6.45, 7) is 8.28. The summed E-state index contributed by atoms with van der Waals surface area (Å²) in [5.74, 6) is 0.223. The van der Waals surface area contributed by atoms with Gasteiger partial charge in [-0.25, -0.2) is 9.79 Å². The molecule has 5 aromatic rings. The number of hydrogen-bond donors (Lipinski definition) is 0. The molecule has 0 N–H and O–H groups in total. The molecule has 7 nitrogen and oxygen atoms in total. The summed E-state index contributed by atoms with van der Waals surface area (Å²) in [6.07, 6.45) is 3.98. The summed E-state index contributed by atoms with van der Waals surface area (Å²) in [7, 11) is 0. The van der Waals surface area contributed by atoms with Gasteiger partial charge in [0.25, 0.3) is 5.56 Å². The lowest BCUT2D eigenvalue weighted by molar-refractivity contribution is -0.139. The number of aromatic nitrogens is 2. The number of carbonyl (C=O) groups excluding carboxylic acids is 1. The molecule has 3 heterocycles.